The van der Waals surface area contributed by atoms with Crippen molar-refractivity contribution in [2.75, 3.05) is 39.5 Å². The Kier molecular flexibility index (Phi) is 5.58. The summed E-state index contributed by atoms with van der Waals surface area (Å²) in [6, 6.07) is 14.8. The molecular formula is C22H24N2O4. The van der Waals surface area contributed by atoms with E-state index in [-0.39, 0.29) is 18.5 Å². The molecule has 2 aliphatic rings. The molecule has 0 unspecified atom stereocenters. The summed E-state index contributed by atoms with van der Waals surface area (Å²) >= 11 is 0. The number of benzene rings is 2. The molecule has 0 N–H and O–H groups in total. The first-order valence-corrected chi connectivity index (χ1v) is 9.70. The lowest BCUT2D eigenvalue weighted by Gasteiger charge is -2.34. The Hall–Kier alpha value is -2.86. The maximum atomic E-state index is 12.7. The lowest BCUT2D eigenvalue weighted by Crippen LogP contribution is -2.48. The number of amides is 1. The first-order valence-electron chi connectivity index (χ1n) is 9.70. The average molecular weight is 380 g/mol. The molecule has 28 heavy (non-hydrogen) atoms. The van der Waals surface area contributed by atoms with Crippen molar-refractivity contribution in [1.82, 2.24) is 9.80 Å². The molecule has 0 spiro atoms. The third-order valence-electron chi connectivity index (χ3n) is 5.25. The molecule has 0 saturated carbocycles. The number of nitrogens with zero attached hydrogens (tertiary/aromatic N) is 2. The fourth-order valence-corrected chi connectivity index (χ4v) is 3.62. The number of hydrogen-bond acceptors (Lipinski definition) is 5. The summed E-state index contributed by atoms with van der Waals surface area (Å²) in [4.78, 5) is 29.1. The van der Waals surface area contributed by atoms with Crippen LogP contribution in [-0.4, -0.2) is 61.0 Å². The highest BCUT2D eigenvalue weighted by Gasteiger charge is 2.24. The predicted octanol–water partition coefficient (Wildman–Crippen LogP) is 2.84. The van der Waals surface area contributed by atoms with Gasteiger partial charge in [0.15, 0.2) is 17.3 Å². The van der Waals surface area contributed by atoms with E-state index in [1.807, 2.05) is 35.2 Å². The van der Waals surface area contributed by atoms with E-state index in [4.69, 9.17) is 9.47 Å². The van der Waals surface area contributed by atoms with Crippen molar-refractivity contribution in [2.45, 2.75) is 12.8 Å². The normalized spacial score (nSPS) is 16.2. The Labute approximate surface area is 164 Å². The molecule has 1 saturated heterocycles. The van der Waals surface area contributed by atoms with Gasteiger partial charge in [-0.1, -0.05) is 30.3 Å². The van der Waals surface area contributed by atoms with Gasteiger partial charge in [-0.25, -0.2) is 0 Å². The molecule has 0 aliphatic carbocycles. The van der Waals surface area contributed by atoms with Crippen LogP contribution in [0.4, 0.5) is 0 Å². The zero-order chi connectivity index (χ0) is 19.3. The van der Waals surface area contributed by atoms with Gasteiger partial charge < -0.3 is 14.4 Å². The molecule has 0 atom stereocenters. The Morgan fingerprint density at radius 3 is 2.39 bits per heavy atom. The molecule has 6 heteroatoms. The van der Waals surface area contributed by atoms with Crippen LogP contribution in [0.2, 0.25) is 0 Å². The van der Waals surface area contributed by atoms with Gasteiger partial charge in [0.25, 0.3) is 5.91 Å². The second-order valence-electron chi connectivity index (χ2n) is 7.09. The maximum absolute atomic E-state index is 12.7. The van der Waals surface area contributed by atoms with Crippen LogP contribution in [0.25, 0.3) is 0 Å². The number of piperazine rings is 1. The van der Waals surface area contributed by atoms with E-state index in [0.717, 1.165) is 31.6 Å². The van der Waals surface area contributed by atoms with E-state index in [2.05, 4.69) is 4.90 Å². The number of carbonyl (C=O) groups is 2. The molecule has 4 rings (SSSR count). The van der Waals surface area contributed by atoms with E-state index >= 15 is 0 Å². The Morgan fingerprint density at radius 1 is 0.857 bits per heavy atom. The predicted molar refractivity (Wildman–Crippen MR) is 105 cm³/mol. The standard InChI is InChI=1S/C22H24N2O4/c25-19(17-5-2-1-3-6-17)7-4-10-23-11-13-24(14-12-23)22(26)18-8-9-20-21(15-18)28-16-27-20/h1-3,5-6,8-9,15H,4,7,10-14,16H2. The van der Waals surface area contributed by atoms with Crippen LogP contribution in [0, 0.1) is 0 Å². The van der Waals surface area contributed by atoms with Crippen molar-refractivity contribution in [2.24, 2.45) is 0 Å². The van der Waals surface area contributed by atoms with Crippen LogP contribution in [0.3, 0.4) is 0 Å². The number of carbonyl (C=O) groups excluding carboxylic acids is 2. The van der Waals surface area contributed by atoms with Gasteiger partial charge in [0.05, 0.1) is 0 Å². The number of hydrogen-bond donors (Lipinski definition) is 0. The third kappa shape index (κ3) is 4.17. The molecule has 2 aromatic rings. The second kappa shape index (κ2) is 8.44. The highest BCUT2D eigenvalue weighted by Crippen LogP contribution is 2.32. The minimum atomic E-state index is 0.0252. The van der Waals surface area contributed by atoms with E-state index in [1.54, 1.807) is 18.2 Å². The van der Waals surface area contributed by atoms with Gasteiger partial charge in [0, 0.05) is 43.7 Å². The zero-order valence-corrected chi connectivity index (χ0v) is 15.8. The number of ether oxygens (including phenoxy) is 2. The van der Waals surface area contributed by atoms with Crippen molar-refractivity contribution in [1.29, 1.82) is 0 Å². The fraction of sp³-hybridized carbons (Fsp3) is 0.364. The molecule has 0 radical (unpaired) electrons. The van der Waals surface area contributed by atoms with E-state index in [0.29, 0.717) is 36.6 Å². The quantitative estimate of drug-likeness (QED) is 0.722. The highest BCUT2D eigenvalue weighted by molar-refractivity contribution is 5.96. The van der Waals surface area contributed by atoms with Crippen molar-refractivity contribution >= 4 is 11.7 Å². The summed E-state index contributed by atoms with van der Waals surface area (Å²) in [7, 11) is 0. The summed E-state index contributed by atoms with van der Waals surface area (Å²) in [5.41, 5.74) is 1.41. The average Bonchev–Trinajstić information content (AvgIpc) is 3.22. The molecule has 1 fully saturated rings. The van der Waals surface area contributed by atoms with Crippen molar-refractivity contribution < 1.29 is 19.1 Å². The van der Waals surface area contributed by atoms with Gasteiger partial charge in [-0.2, -0.15) is 0 Å². The summed E-state index contributed by atoms with van der Waals surface area (Å²) in [5.74, 6) is 1.54. The smallest absolute Gasteiger partial charge is 0.254 e. The van der Waals surface area contributed by atoms with Gasteiger partial charge in [0.1, 0.15) is 0 Å². The van der Waals surface area contributed by atoms with Crippen LogP contribution >= 0.6 is 0 Å². The minimum Gasteiger partial charge on any atom is -0.454 e. The molecule has 1 amide bonds. The SMILES string of the molecule is O=C(CCCN1CCN(C(=O)c2ccc3c(c2)OCO3)CC1)c1ccccc1. The van der Waals surface area contributed by atoms with Gasteiger partial charge in [0.2, 0.25) is 6.79 Å². The van der Waals surface area contributed by atoms with Crippen LogP contribution < -0.4 is 9.47 Å². The Balaban J connectivity index is 1.22. The van der Waals surface area contributed by atoms with E-state index < -0.39 is 0 Å². The summed E-state index contributed by atoms with van der Waals surface area (Å²) in [6.45, 7) is 4.13. The topological polar surface area (TPSA) is 59.1 Å². The maximum Gasteiger partial charge on any atom is 0.254 e. The third-order valence-corrected chi connectivity index (χ3v) is 5.25. The van der Waals surface area contributed by atoms with Crippen molar-refractivity contribution in [3.8, 4) is 11.5 Å². The summed E-state index contributed by atoms with van der Waals surface area (Å²) < 4.78 is 10.7. The molecule has 0 bridgehead atoms. The molecule has 146 valence electrons. The van der Waals surface area contributed by atoms with Gasteiger partial charge in [-0.15, -0.1) is 0 Å². The Bertz CT molecular complexity index is 845. The Morgan fingerprint density at radius 2 is 1.61 bits per heavy atom. The molecule has 2 aliphatic heterocycles. The molecular weight excluding hydrogens is 356 g/mol. The van der Waals surface area contributed by atoms with E-state index in [9.17, 15) is 9.59 Å². The zero-order valence-electron chi connectivity index (χ0n) is 15.8. The summed E-state index contributed by atoms with van der Waals surface area (Å²) in [5, 5.41) is 0. The lowest BCUT2D eigenvalue weighted by molar-refractivity contribution is 0.0634. The van der Waals surface area contributed by atoms with Crippen LogP contribution in [0.1, 0.15) is 33.6 Å². The number of ketones is 1. The molecule has 2 aromatic carbocycles. The summed E-state index contributed by atoms with van der Waals surface area (Å²) in [6.07, 6.45) is 1.39. The van der Waals surface area contributed by atoms with Gasteiger partial charge in [-0.05, 0) is 31.2 Å². The lowest BCUT2D eigenvalue weighted by atomic mass is 10.1. The minimum absolute atomic E-state index is 0.0252. The molecule has 6 nitrogen and oxygen atoms in total. The highest BCUT2D eigenvalue weighted by atomic mass is 16.7. The van der Waals surface area contributed by atoms with Gasteiger partial charge in [-0.3, -0.25) is 14.5 Å². The van der Waals surface area contributed by atoms with Crippen LogP contribution in [0.15, 0.2) is 48.5 Å². The number of fused-ring (bicyclic) bond motifs is 1. The van der Waals surface area contributed by atoms with Crippen molar-refractivity contribution in [3.05, 3.63) is 59.7 Å². The van der Waals surface area contributed by atoms with Crippen LogP contribution in [0.5, 0.6) is 11.5 Å². The molecule has 2 heterocycles. The number of Topliss-reactive ketones (excluding diaryl/α,β-unsaturated/α-hetero) is 1. The first kappa shape index (κ1) is 18.5. The van der Waals surface area contributed by atoms with Crippen LogP contribution in [-0.2, 0) is 0 Å². The monoisotopic (exact) mass is 380 g/mol. The largest absolute Gasteiger partial charge is 0.454 e. The van der Waals surface area contributed by atoms with E-state index in [1.165, 1.54) is 0 Å². The number of rotatable bonds is 6. The van der Waals surface area contributed by atoms with Gasteiger partial charge >= 0.3 is 0 Å². The first-order chi connectivity index (χ1) is 13.7. The molecule has 0 aromatic heterocycles. The van der Waals surface area contributed by atoms with Crippen molar-refractivity contribution in [3.63, 3.8) is 0 Å². The second-order valence-corrected chi connectivity index (χ2v) is 7.09. The fourth-order valence-electron chi connectivity index (χ4n) is 3.62.